The van der Waals surface area contributed by atoms with Gasteiger partial charge in [-0.3, -0.25) is 4.79 Å². The summed E-state index contributed by atoms with van der Waals surface area (Å²) in [6, 6.07) is 16.9. The van der Waals surface area contributed by atoms with Gasteiger partial charge in [0.05, 0.1) is 18.9 Å². The lowest BCUT2D eigenvalue weighted by Crippen LogP contribution is -2.31. The largest absolute Gasteiger partial charge is 0.497 e. The Bertz CT molecular complexity index is 1190. The van der Waals surface area contributed by atoms with Crippen LogP contribution in [0.1, 0.15) is 34.1 Å². The topological polar surface area (TPSA) is 93.1 Å². The molecule has 1 aromatic heterocycles. The van der Waals surface area contributed by atoms with E-state index in [0.29, 0.717) is 18.1 Å². The van der Waals surface area contributed by atoms with E-state index in [1.54, 1.807) is 18.6 Å². The molecule has 1 unspecified atom stereocenters. The monoisotopic (exact) mass is 476 g/mol. The fourth-order valence-electron chi connectivity index (χ4n) is 3.51. The third kappa shape index (κ3) is 5.32. The van der Waals surface area contributed by atoms with Gasteiger partial charge in [0, 0.05) is 18.3 Å². The summed E-state index contributed by atoms with van der Waals surface area (Å²) >= 11 is 1.28. The Morgan fingerprint density at radius 1 is 1.21 bits per heavy atom. The highest BCUT2D eigenvalue weighted by Crippen LogP contribution is 2.33. The highest BCUT2D eigenvalue weighted by molar-refractivity contribution is 7.13. The number of nitrogens with one attached hydrogen (secondary N) is 1. The van der Waals surface area contributed by atoms with Crippen LogP contribution in [-0.4, -0.2) is 47.8 Å². The van der Waals surface area contributed by atoms with Gasteiger partial charge in [-0.15, -0.1) is 17.9 Å². The van der Waals surface area contributed by atoms with Crippen molar-refractivity contribution in [1.82, 2.24) is 9.99 Å². The van der Waals surface area contributed by atoms with Crippen LogP contribution in [0.4, 0.5) is 5.13 Å². The quantitative estimate of drug-likeness (QED) is 0.366. The predicted molar refractivity (Wildman–Crippen MR) is 131 cm³/mol. The Hall–Kier alpha value is -3.98. The standard InChI is InChI=1S/C25H24N4O4S/c1-3-13-26-25-27-21(16-34-25)24(31)33-15-23(30)29-22(18-9-11-19(32-2)12-10-18)14-20(28-29)17-7-5-4-6-8-17/h3-12,16,22H,1,13-15H2,2H3,(H,26,27). The normalized spacial score (nSPS) is 14.9. The lowest BCUT2D eigenvalue weighted by atomic mass is 9.98. The number of hydrazone groups is 1. The number of aromatic nitrogens is 1. The molecule has 9 heteroatoms. The van der Waals surface area contributed by atoms with Crippen molar-refractivity contribution in [1.29, 1.82) is 0 Å². The zero-order valence-corrected chi connectivity index (χ0v) is 19.5. The second kappa shape index (κ2) is 10.8. The van der Waals surface area contributed by atoms with Gasteiger partial charge >= 0.3 is 5.97 Å². The molecule has 2 aromatic carbocycles. The highest BCUT2D eigenvalue weighted by Gasteiger charge is 2.33. The predicted octanol–water partition coefficient (Wildman–Crippen LogP) is 4.28. The van der Waals surface area contributed by atoms with Gasteiger partial charge in [0.2, 0.25) is 0 Å². The van der Waals surface area contributed by atoms with Crippen molar-refractivity contribution < 1.29 is 19.1 Å². The minimum Gasteiger partial charge on any atom is -0.497 e. The number of ether oxygens (including phenoxy) is 2. The molecule has 4 rings (SSSR count). The first-order valence-electron chi connectivity index (χ1n) is 10.7. The number of benzene rings is 2. The van der Waals surface area contributed by atoms with Gasteiger partial charge in [-0.25, -0.2) is 14.8 Å². The molecule has 0 spiro atoms. The van der Waals surface area contributed by atoms with Crippen LogP contribution in [0.25, 0.3) is 0 Å². The number of thiazole rings is 1. The summed E-state index contributed by atoms with van der Waals surface area (Å²) in [5.74, 6) is -0.355. The number of rotatable bonds is 9. The van der Waals surface area contributed by atoms with Crippen LogP contribution in [-0.2, 0) is 9.53 Å². The summed E-state index contributed by atoms with van der Waals surface area (Å²) in [5.41, 5.74) is 2.78. The van der Waals surface area contributed by atoms with Gasteiger partial charge in [0.25, 0.3) is 5.91 Å². The van der Waals surface area contributed by atoms with Crippen molar-refractivity contribution >= 4 is 34.1 Å². The summed E-state index contributed by atoms with van der Waals surface area (Å²) in [6.07, 6.45) is 2.23. The van der Waals surface area contributed by atoms with Crippen molar-refractivity contribution in [2.24, 2.45) is 5.10 Å². The van der Waals surface area contributed by atoms with Crippen LogP contribution in [0.15, 0.2) is 77.7 Å². The van der Waals surface area contributed by atoms with E-state index in [2.05, 4.69) is 22.0 Å². The summed E-state index contributed by atoms with van der Waals surface area (Å²) in [7, 11) is 1.60. The summed E-state index contributed by atoms with van der Waals surface area (Å²) in [4.78, 5) is 29.7. The van der Waals surface area contributed by atoms with Crippen LogP contribution in [0, 0.1) is 0 Å². The van der Waals surface area contributed by atoms with Crippen LogP contribution in [0.5, 0.6) is 5.75 Å². The van der Waals surface area contributed by atoms with E-state index < -0.39 is 18.5 Å². The summed E-state index contributed by atoms with van der Waals surface area (Å²) in [6.45, 7) is 3.72. The number of amides is 1. The smallest absolute Gasteiger partial charge is 0.358 e. The number of carbonyl (C=O) groups excluding carboxylic acids is 2. The van der Waals surface area contributed by atoms with E-state index in [1.165, 1.54) is 16.3 Å². The van der Waals surface area contributed by atoms with E-state index in [0.717, 1.165) is 22.6 Å². The van der Waals surface area contributed by atoms with E-state index in [4.69, 9.17) is 9.47 Å². The maximum Gasteiger partial charge on any atom is 0.358 e. The van der Waals surface area contributed by atoms with Crippen molar-refractivity contribution in [2.75, 3.05) is 25.6 Å². The van der Waals surface area contributed by atoms with Crippen molar-refractivity contribution in [3.63, 3.8) is 0 Å². The zero-order valence-electron chi connectivity index (χ0n) is 18.6. The number of methoxy groups -OCH3 is 1. The Kier molecular flexibility index (Phi) is 7.34. The molecule has 174 valence electrons. The third-order valence-corrected chi connectivity index (χ3v) is 6.01. The Morgan fingerprint density at radius 3 is 2.68 bits per heavy atom. The van der Waals surface area contributed by atoms with Crippen LogP contribution < -0.4 is 10.1 Å². The molecule has 2 heterocycles. The number of nitrogens with zero attached hydrogens (tertiary/aromatic N) is 3. The van der Waals surface area contributed by atoms with Crippen LogP contribution >= 0.6 is 11.3 Å². The number of carbonyl (C=O) groups is 2. The second-order valence-electron chi connectivity index (χ2n) is 7.43. The minimum absolute atomic E-state index is 0.144. The first-order valence-corrected chi connectivity index (χ1v) is 11.5. The number of hydrogen-bond donors (Lipinski definition) is 1. The molecule has 1 atom stereocenters. The summed E-state index contributed by atoms with van der Waals surface area (Å²) in [5, 5.41) is 11.2. The molecule has 0 saturated carbocycles. The first kappa shape index (κ1) is 23.2. The molecule has 0 bridgehead atoms. The van der Waals surface area contributed by atoms with Gasteiger partial charge in [0.1, 0.15) is 5.75 Å². The number of esters is 1. The van der Waals surface area contributed by atoms with Crippen LogP contribution in [0.3, 0.4) is 0 Å². The maximum atomic E-state index is 13.1. The minimum atomic E-state index is -0.663. The molecular weight excluding hydrogens is 452 g/mol. The third-order valence-electron chi connectivity index (χ3n) is 5.21. The lowest BCUT2D eigenvalue weighted by molar-refractivity contribution is -0.136. The molecule has 8 nitrogen and oxygen atoms in total. The molecule has 0 aliphatic carbocycles. The molecule has 1 amide bonds. The van der Waals surface area contributed by atoms with Gasteiger partial charge < -0.3 is 14.8 Å². The molecule has 0 radical (unpaired) electrons. The molecule has 34 heavy (non-hydrogen) atoms. The Labute approximate surface area is 201 Å². The molecule has 1 aliphatic rings. The van der Waals surface area contributed by atoms with E-state index in [9.17, 15) is 9.59 Å². The van der Waals surface area contributed by atoms with Gasteiger partial charge in [0.15, 0.2) is 17.4 Å². The van der Waals surface area contributed by atoms with E-state index in [-0.39, 0.29) is 11.7 Å². The SMILES string of the molecule is C=CCNc1nc(C(=O)OCC(=O)N2N=C(c3ccccc3)CC2c2ccc(OC)cc2)cs1. The molecule has 0 fully saturated rings. The Morgan fingerprint density at radius 2 is 1.97 bits per heavy atom. The zero-order chi connectivity index (χ0) is 23.9. The molecule has 1 aliphatic heterocycles. The van der Waals surface area contributed by atoms with E-state index in [1.807, 2.05) is 54.6 Å². The highest BCUT2D eigenvalue weighted by atomic mass is 32.1. The fourth-order valence-corrected chi connectivity index (χ4v) is 4.20. The molecular formula is C25H24N4O4S. The van der Waals surface area contributed by atoms with Crippen molar-refractivity contribution in [3.8, 4) is 5.75 Å². The van der Waals surface area contributed by atoms with Gasteiger partial charge in [-0.2, -0.15) is 5.10 Å². The number of anilines is 1. The summed E-state index contributed by atoms with van der Waals surface area (Å²) < 4.78 is 10.5. The Balaban J connectivity index is 1.48. The molecule has 3 aromatic rings. The van der Waals surface area contributed by atoms with Gasteiger partial charge in [-0.1, -0.05) is 48.5 Å². The second-order valence-corrected chi connectivity index (χ2v) is 8.29. The average molecular weight is 477 g/mol. The van der Waals surface area contributed by atoms with E-state index >= 15 is 0 Å². The van der Waals surface area contributed by atoms with Gasteiger partial charge in [-0.05, 0) is 23.3 Å². The molecule has 1 N–H and O–H groups in total. The van der Waals surface area contributed by atoms with Crippen molar-refractivity contribution in [2.45, 2.75) is 12.5 Å². The van der Waals surface area contributed by atoms with Crippen molar-refractivity contribution in [3.05, 3.63) is 89.5 Å². The average Bonchev–Trinajstić information content (AvgIpc) is 3.54. The fraction of sp³-hybridized carbons (Fsp3) is 0.200. The molecule has 0 saturated heterocycles. The maximum absolute atomic E-state index is 13.1. The lowest BCUT2D eigenvalue weighted by Gasteiger charge is -2.22. The van der Waals surface area contributed by atoms with Crippen LogP contribution in [0.2, 0.25) is 0 Å². The number of hydrogen-bond acceptors (Lipinski definition) is 8. The first-order chi connectivity index (χ1) is 16.6.